The molecular formula is C13H16BrN3O3. The Bertz CT molecular complexity index is 581. The van der Waals surface area contributed by atoms with Gasteiger partial charge in [0.1, 0.15) is 11.2 Å². The molecule has 1 atom stereocenters. The molecule has 2 heterocycles. The van der Waals surface area contributed by atoms with Gasteiger partial charge in [0.2, 0.25) is 0 Å². The van der Waals surface area contributed by atoms with E-state index in [1.54, 1.807) is 6.07 Å². The van der Waals surface area contributed by atoms with Crippen LogP contribution in [0.3, 0.4) is 0 Å². The summed E-state index contributed by atoms with van der Waals surface area (Å²) in [6.07, 6.45) is 4.36. The number of aromatic nitrogens is 1. The predicted octanol–water partition coefficient (Wildman–Crippen LogP) is 1.21. The van der Waals surface area contributed by atoms with E-state index in [1.807, 2.05) is 10.8 Å². The number of carboxylic acid groups (broad SMARTS) is 1. The van der Waals surface area contributed by atoms with Gasteiger partial charge in [-0.2, -0.15) is 0 Å². The van der Waals surface area contributed by atoms with Crippen LogP contribution >= 0.6 is 15.9 Å². The number of rotatable bonds is 3. The van der Waals surface area contributed by atoms with Crippen LogP contribution in [0.25, 0.3) is 0 Å². The van der Waals surface area contributed by atoms with E-state index in [0.717, 1.165) is 17.3 Å². The maximum atomic E-state index is 12.6. The maximum absolute atomic E-state index is 12.6. The molecule has 0 spiro atoms. The molecule has 0 aromatic carbocycles. The van der Waals surface area contributed by atoms with Crippen molar-refractivity contribution in [1.82, 2.24) is 9.47 Å². The Morgan fingerprint density at radius 3 is 2.70 bits per heavy atom. The van der Waals surface area contributed by atoms with E-state index < -0.39 is 11.5 Å². The summed E-state index contributed by atoms with van der Waals surface area (Å²) in [4.78, 5) is 25.2. The number of carbonyl (C=O) groups is 2. The predicted molar refractivity (Wildman–Crippen MR) is 75.5 cm³/mol. The van der Waals surface area contributed by atoms with Crippen LogP contribution < -0.4 is 5.73 Å². The van der Waals surface area contributed by atoms with E-state index in [4.69, 9.17) is 10.8 Å². The summed E-state index contributed by atoms with van der Waals surface area (Å²) in [6, 6.07) is 2.18. The molecule has 1 amide bonds. The van der Waals surface area contributed by atoms with Crippen LogP contribution in [0, 0.1) is 0 Å². The van der Waals surface area contributed by atoms with Crippen LogP contribution in [-0.4, -0.2) is 45.1 Å². The maximum Gasteiger partial charge on any atom is 0.325 e. The Labute approximate surface area is 124 Å². The fourth-order valence-corrected chi connectivity index (χ4v) is 3.05. The zero-order chi connectivity index (χ0) is 14.5. The molecule has 1 saturated heterocycles. The number of nitrogens with zero attached hydrogens (tertiary/aromatic N) is 2. The number of carbonyl (C=O) groups excluding carboxylic acids is 1. The van der Waals surface area contributed by atoms with E-state index in [1.165, 1.54) is 4.90 Å². The largest absolute Gasteiger partial charge is 0.480 e. The van der Waals surface area contributed by atoms with Gasteiger partial charge in [-0.05, 0) is 41.3 Å². The molecule has 1 aliphatic carbocycles. The molecule has 1 aromatic heterocycles. The smallest absolute Gasteiger partial charge is 0.325 e. The highest BCUT2D eigenvalue weighted by atomic mass is 79.9. The second-order valence-corrected chi connectivity index (χ2v) is 6.54. The highest BCUT2D eigenvalue weighted by Gasteiger charge is 2.43. The molecule has 3 N–H and O–H groups in total. The average Bonchev–Trinajstić information content (AvgIpc) is 3.05. The lowest BCUT2D eigenvalue weighted by Gasteiger charge is -2.20. The van der Waals surface area contributed by atoms with Gasteiger partial charge in [0, 0.05) is 29.8 Å². The summed E-state index contributed by atoms with van der Waals surface area (Å²) in [5.41, 5.74) is 5.10. The van der Waals surface area contributed by atoms with E-state index in [0.29, 0.717) is 24.7 Å². The van der Waals surface area contributed by atoms with Crippen LogP contribution in [0.1, 0.15) is 35.8 Å². The van der Waals surface area contributed by atoms with Crippen LogP contribution in [-0.2, 0) is 4.79 Å². The van der Waals surface area contributed by atoms with Crippen molar-refractivity contribution in [3.63, 3.8) is 0 Å². The first-order valence-corrected chi connectivity index (χ1v) is 7.39. The van der Waals surface area contributed by atoms with Crippen LogP contribution in [0.2, 0.25) is 0 Å². The molecule has 1 aromatic rings. The lowest BCUT2D eigenvalue weighted by Crippen LogP contribution is -2.50. The van der Waals surface area contributed by atoms with Crippen molar-refractivity contribution < 1.29 is 14.7 Å². The normalized spacial score (nSPS) is 26.0. The third kappa shape index (κ3) is 2.25. The number of carboxylic acids is 1. The van der Waals surface area contributed by atoms with Gasteiger partial charge in [0.25, 0.3) is 5.91 Å². The molecule has 0 bridgehead atoms. The molecule has 2 aliphatic rings. The van der Waals surface area contributed by atoms with E-state index in [9.17, 15) is 9.59 Å². The van der Waals surface area contributed by atoms with Crippen molar-refractivity contribution in [2.24, 2.45) is 5.73 Å². The topological polar surface area (TPSA) is 88.6 Å². The van der Waals surface area contributed by atoms with Crippen LogP contribution in [0.5, 0.6) is 0 Å². The molecular weight excluding hydrogens is 326 g/mol. The minimum atomic E-state index is -1.32. The summed E-state index contributed by atoms with van der Waals surface area (Å²) < 4.78 is 2.84. The first-order chi connectivity index (χ1) is 9.40. The zero-order valence-corrected chi connectivity index (χ0v) is 12.5. The van der Waals surface area contributed by atoms with Crippen molar-refractivity contribution in [1.29, 1.82) is 0 Å². The minimum Gasteiger partial charge on any atom is -0.480 e. The average molecular weight is 342 g/mol. The minimum absolute atomic E-state index is 0.0641. The van der Waals surface area contributed by atoms with Crippen molar-refractivity contribution in [2.75, 3.05) is 13.1 Å². The zero-order valence-electron chi connectivity index (χ0n) is 10.9. The first kappa shape index (κ1) is 13.6. The molecule has 3 rings (SSSR count). The third-order valence-electron chi connectivity index (χ3n) is 3.99. The van der Waals surface area contributed by atoms with Crippen LogP contribution in [0.4, 0.5) is 0 Å². The number of likely N-dealkylation sites (tertiary alicyclic amines) is 1. The molecule has 6 nitrogen and oxygen atoms in total. The second kappa shape index (κ2) is 4.60. The van der Waals surface area contributed by atoms with Crippen LogP contribution in [0.15, 0.2) is 16.7 Å². The molecule has 2 fully saturated rings. The SMILES string of the molecule is NC1(C(=O)O)CCN(C(=O)c2cc(Br)cn2C2CC2)C1. The van der Waals surface area contributed by atoms with Crippen molar-refractivity contribution >= 4 is 27.8 Å². The number of nitrogens with two attached hydrogens (primary N) is 1. The quantitative estimate of drug-likeness (QED) is 0.864. The molecule has 1 unspecified atom stereocenters. The van der Waals surface area contributed by atoms with Crippen molar-refractivity contribution in [3.05, 3.63) is 22.4 Å². The van der Waals surface area contributed by atoms with Gasteiger partial charge in [-0.1, -0.05) is 0 Å². The van der Waals surface area contributed by atoms with Gasteiger partial charge in [0.05, 0.1) is 0 Å². The molecule has 7 heteroatoms. The summed E-state index contributed by atoms with van der Waals surface area (Å²) in [5.74, 6) is -1.19. The van der Waals surface area contributed by atoms with E-state index in [-0.39, 0.29) is 12.5 Å². The van der Waals surface area contributed by atoms with Gasteiger partial charge < -0.3 is 20.3 Å². The fourth-order valence-electron chi connectivity index (χ4n) is 2.61. The monoisotopic (exact) mass is 341 g/mol. The molecule has 1 saturated carbocycles. The Kier molecular flexibility index (Phi) is 3.13. The number of amides is 1. The lowest BCUT2D eigenvalue weighted by molar-refractivity contribution is -0.142. The molecule has 108 valence electrons. The Morgan fingerprint density at radius 1 is 1.45 bits per heavy atom. The molecule has 20 heavy (non-hydrogen) atoms. The lowest BCUT2D eigenvalue weighted by atomic mass is 10.0. The summed E-state index contributed by atoms with van der Waals surface area (Å²) >= 11 is 3.39. The highest BCUT2D eigenvalue weighted by Crippen LogP contribution is 2.38. The summed E-state index contributed by atoms with van der Waals surface area (Å²) in [6.45, 7) is 0.448. The number of aliphatic carboxylic acids is 1. The van der Waals surface area contributed by atoms with E-state index in [2.05, 4.69) is 15.9 Å². The van der Waals surface area contributed by atoms with Crippen molar-refractivity contribution in [2.45, 2.75) is 30.8 Å². The van der Waals surface area contributed by atoms with Gasteiger partial charge in [-0.25, -0.2) is 0 Å². The summed E-state index contributed by atoms with van der Waals surface area (Å²) in [5, 5.41) is 9.12. The van der Waals surface area contributed by atoms with Gasteiger partial charge in [0.15, 0.2) is 0 Å². The second-order valence-electron chi connectivity index (χ2n) is 5.62. The third-order valence-corrected chi connectivity index (χ3v) is 4.42. The Hall–Kier alpha value is -1.34. The number of halogens is 1. The Morgan fingerprint density at radius 2 is 2.15 bits per heavy atom. The fraction of sp³-hybridized carbons (Fsp3) is 0.538. The number of hydrogen-bond donors (Lipinski definition) is 2. The highest BCUT2D eigenvalue weighted by molar-refractivity contribution is 9.10. The first-order valence-electron chi connectivity index (χ1n) is 6.60. The van der Waals surface area contributed by atoms with Gasteiger partial charge in [-0.15, -0.1) is 0 Å². The summed E-state index contributed by atoms with van der Waals surface area (Å²) in [7, 11) is 0. The Balaban J connectivity index is 1.82. The van der Waals surface area contributed by atoms with Gasteiger partial charge in [-0.3, -0.25) is 9.59 Å². The molecule has 1 aliphatic heterocycles. The van der Waals surface area contributed by atoms with Gasteiger partial charge >= 0.3 is 5.97 Å². The number of hydrogen-bond acceptors (Lipinski definition) is 3. The standard InChI is InChI=1S/C13H16BrN3O3/c14-8-5-10(17(6-8)9-1-2-9)11(18)16-4-3-13(15,7-16)12(19)20/h5-6,9H,1-4,7,15H2,(H,19,20). The van der Waals surface area contributed by atoms with Crippen molar-refractivity contribution in [3.8, 4) is 0 Å². The molecule has 0 radical (unpaired) electrons. The van der Waals surface area contributed by atoms with E-state index >= 15 is 0 Å².